The van der Waals surface area contributed by atoms with Crippen LogP contribution in [0.4, 0.5) is 4.39 Å². The number of pyridine rings is 1. The van der Waals surface area contributed by atoms with Crippen molar-refractivity contribution in [2.75, 3.05) is 26.3 Å². The third-order valence-corrected chi connectivity index (χ3v) is 6.05. The summed E-state index contributed by atoms with van der Waals surface area (Å²) in [7, 11) is 0. The Morgan fingerprint density at radius 3 is 2.52 bits per heavy atom. The lowest BCUT2D eigenvalue weighted by Crippen LogP contribution is -2.44. The van der Waals surface area contributed by atoms with E-state index in [4.69, 9.17) is 4.74 Å². The quantitative estimate of drug-likeness (QED) is 0.860. The van der Waals surface area contributed by atoms with Gasteiger partial charge in [0.2, 0.25) is 5.91 Å². The molecule has 2 aromatic rings. The Kier molecular flexibility index (Phi) is 5.58. The van der Waals surface area contributed by atoms with Crippen molar-refractivity contribution in [2.45, 2.75) is 19.4 Å². The first-order valence-electron chi connectivity index (χ1n) is 9.87. The average molecular weight is 397 g/mol. The van der Waals surface area contributed by atoms with Gasteiger partial charge >= 0.3 is 0 Å². The van der Waals surface area contributed by atoms with Gasteiger partial charge in [0.05, 0.1) is 5.92 Å². The standard InChI is InChI=1S/C22H24FN3O3/c23-18-3-1-17(2-4-18)21(28)26-14-19(22(15-26)7-11-29-12-8-22)20(27)25-13-16-5-9-24-10-6-16/h1-6,9-10,19H,7-8,11-15H2,(H,25,27). The van der Waals surface area contributed by atoms with Crippen LogP contribution in [0.5, 0.6) is 0 Å². The van der Waals surface area contributed by atoms with Crippen LogP contribution in [-0.2, 0) is 16.1 Å². The van der Waals surface area contributed by atoms with Gasteiger partial charge in [-0.1, -0.05) is 0 Å². The number of hydrogen-bond acceptors (Lipinski definition) is 4. The van der Waals surface area contributed by atoms with Gasteiger partial charge in [-0.15, -0.1) is 0 Å². The molecule has 6 nitrogen and oxygen atoms in total. The maximum atomic E-state index is 13.2. The maximum absolute atomic E-state index is 13.2. The predicted octanol–water partition coefficient (Wildman–Crippen LogP) is 2.41. The molecule has 2 aliphatic heterocycles. The Labute approximate surface area is 169 Å². The first kappa shape index (κ1) is 19.5. The minimum Gasteiger partial charge on any atom is -0.381 e. The molecule has 7 heteroatoms. The zero-order valence-electron chi connectivity index (χ0n) is 16.1. The van der Waals surface area contributed by atoms with Crippen molar-refractivity contribution < 1.29 is 18.7 Å². The largest absolute Gasteiger partial charge is 0.381 e. The van der Waals surface area contributed by atoms with Gasteiger partial charge in [0, 0.05) is 56.2 Å². The van der Waals surface area contributed by atoms with Crippen molar-refractivity contribution in [3.8, 4) is 0 Å². The van der Waals surface area contributed by atoms with E-state index in [1.807, 2.05) is 12.1 Å². The second-order valence-corrected chi connectivity index (χ2v) is 7.79. The van der Waals surface area contributed by atoms with Crippen LogP contribution in [-0.4, -0.2) is 48.0 Å². The fraction of sp³-hybridized carbons (Fsp3) is 0.409. The summed E-state index contributed by atoms with van der Waals surface area (Å²) in [5.74, 6) is -0.881. The molecule has 2 aliphatic rings. The highest BCUT2D eigenvalue weighted by Crippen LogP contribution is 2.44. The third kappa shape index (κ3) is 4.15. The molecule has 1 atom stereocenters. The summed E-state index contributed by atoms with van der Waals surface area (Å²) in [5.41, 5.74) is 1.13. The number of hydrogen-bond donors (Lipinski definition) is 1. The fourth-order valence-electron chi connectivity index (χ4n) is 4.36. The van der Waals surface area contributed by atoms with Gasteiger partial charge in [0.25, 0.3) is 5.91 Å². The average Bonchev–Trinajstić information content (AvgIpc) is 3.12. The molecule has 2 amide bonds. The molecule has 29 heavy (non-hydrogen) atoms. The van der Waals surface area contributed by atoms with Crippen molar-refractivity contribution in [2.24, 2.45) is 11.3 Å². The zero-order chi connectivity index (χ0) is 20.3. The number of aromatic nitrogens is 1. The molecular weight excluding hydrogens is 373 g/mol. The topological polar surface area (TPSA) is 71.5 Å². The van der Waals surface area contributed by atoms with E-state index < -0.39 is 0 Å². The monoisotopic (exact) mass is 397 g/mol. The lowest BCUT2D eigenvalue weighted by atomic mass is 9.71. The van der Waals surface area contributed by atoms with Gasteiger partial charge < -0.3 is 15.0 Å². The van der Waals surface area contributed by atoms with Gasteiger partial charge in [-0.25, -0.2) is 4.39 Å². The van der Waals surface area contributed by atoms with E-state index in [1.54, 1.807) is 17.3 Å². The number of likely N-dealkylation sites (tertiary alicyclic amines) is 1. The Morgan fingerprint density at radius 2 is 1.83 bits per heavy atom. The number of benzene rings is 1. The Bertz CT molecular complexity index is 867. The van der Waals surface area contributed by atoms with Gasteiger partial charge in [0.15, 0.2) is 0 Å². The van der Waals surface area contributed by atoms with Crippen LogP contribution in [0.3, 0.4) is 0 Å². The fourth-order valence-corrected chi connectivity index (χ4v) is 4.36. The molecule has 2 saturated heterocycles. The van der Waals surface area contributed by atoms with Gasteiger partial charge in [0.1, 0.15) is 5.82 Å². The molecule has 0 aliphatic carbocycles. The normalized spacial score (nSPS) is 20.6. The second kappa shape index (κ2) is 8.29. The number of halogens is 1. The van der Waals surface area contributed by atoms with Crippen LogP contribution >= 0.6 is 0 Å². The highest BCUT2D eigenvalue weighted by molar-refractivity contribution is 5.95. The number of rotatable bonds is 4. The van der Waals surface area contributed by atoms with Crippen molar-refractivity contribution >= 4 is 11.8 Å². The Balaban J connectivity index is 1.50. The summed E-state index contributed by atoms with van der Waals surface area (Å²) < 4.78 is 18.7. The van der Waals surface area contributed by atoms with Crippen LogP contribution in [0.25, 0.3) is 0 Å². The molecule has 4 rings (SSSR count). The molecule has 1 aromatic carbocycles. The van der Waals surface area contributed by atoms with Crippen LogP contribution in [0.2, 0.25) is 0 Å². The lowest BCUT2D eigenvalue weighted by Gasteiger charge is -2.37. The predicted molar refractivity (Wildman–Crippen MR) is 104 cm³/mol. The van der Waals surface area contributed by atoms with E-state index >= 15 is 0 Å². The Morgan fingerprint density at radius 1 is 1.14 bits per heavy atom. The van der Waals surface area contributed by atoms with Crippen LogP contribution in [0.1, 0.15) is 28.8 Å². The molecular formula is C22H24FN3O3. The molecule has 0 radical (unpaired) electrons. The van der Waals surface area contributed by atoms with E-state index in [2.05, 4.69) is 10.3 Å². The summed E-state index contributed by atoms with van der Waals surface area (Å²) in [6.45, 7) is 2.48. The highest BCUT2D eigenvalue weighted by Gasteiger charge is 2.51. The van der Waals surface area contributed by atoms with E-state index in [-0.39, 0.29) is 29.0 Å². The summed E-state index contributed by atoms with van der Waals surface area (Å²) in [6.07, 6.45) is 4.88. The molecule has 1 aromatic heterocycles. The second-order valence-electron chi connectivity index (χ2n) is 7.79. The maximum Gasteiger partial charge on any atom is 0.253 e. The van der Waals surface area contributed by atoms with Gasteiger partial charge in [-0.3, -0.25) is 14.6 Å². The lowest BCUT2D eigenvalue weighted by molar-refractivity contribution is -0.130. The third-order valence-electron chi connectivity index (χ3n) is 6.05. The first-order valence-corrected chi connectivity index (χ1v) is 9.87. The summed E-state index contributed by atoms with van der Waals surface area (Å²) >= 11 is 0. The van der Waals surface area contributed by atoms with E-state index in [1.165, 1.54) is 24.3 Å². The minimum atomic E-state index is -0.378. The number of amides is 2. The summed E-state index contributed by atoms with van der Waals surface area (Å²) in [4.78, 5) is 31.8. The van der Waals surface area contributed by atoms with E-state index in [0.29, 0.717) is 38.4 Å². The number of ether oxygens (including phenoxy) is 1. The van der Waals surface area contributed by atoms with Crippen LogP contribution in [0, 0.1) is 17.2 Å². The number of carbonyl (C=O) groups excluding carboxylic acids is 2. The summed E-state index contributed by atoms with van der Waals surface area (Å²) in [5, 5.41) is 3.02. The van der Waals surface area contributed by atoms with Crippen molar-refractivity contribution in [1.82, 2.24) is 15.2 Å². The van der Waals surface area contributed by atoms with Crippen LogP contribution < -0.4 is 5.32 Å². The number of nitrogens with zero attached hydrogens (tertiary/aromatic N) is 2. The number of nitrogens with one attached hydrogen (secondary N) is 1. The van der Waals surface area contributed by atoms with Crippen molar-refractivity contribution in [3.63, 3.8) is 0 Å². The zero-order valence-corrected chi connectivity index (χ0v) is 16.1. The summed E-state index contributed by atoms with van der Waals surface area (Å²) in [6, 6.07) is 9.28. The molecule has 3 heterocycles. The Hall–Kier alpha value is -2.80. The van der Waals surface area contributed by atoms with Crippen LogP contribution in [0.15, 0.2) is 48.8 Å². The molecule has 0 bridgehead atoms. The van der Waals surface area contributed by atoms with Crippen molar-refractivity contribution in [1.29, 1.82) is 0 Å². The molecule has 2 fully saturated rings. The number of carbonyl (C=O) groups is 2. The molecule has 152 valence electrons. The minimum absolute atomic E-state index is 0.0434. The SMILES string of the molecule is O=C(NCc1ccncc1)C1CN(C(=O)c2ccc(F)cc2)CC12CCOCC2. The van der Waals surface area contributed by atoms with Crippen molar-refractivity contribution in [3.05, 3.63) is 65.7 Å². The molecule has 1 unspecified atom stereocenters. The van der Waals surface area contributed by atoms with Gasteiger partial charge in [-0.05, 0) is 54.8 Å². The molecule has 1 N–H and O–H groups in total. The van der Waals surface area contributed by atoms with Gasteiger partial charge in [-0.2, -0.15) is 0 Å². The smallest absolute Gasteiger partial charge is 0.253 e. The van der Waals surface area contributed by atoms with E-state index in [9.17, 15) is 14.0 Å². The van der Waals surface area contributed by atoms with E-state index in [0.717, 1.165) is 18.4 Å². The first-order chi connectivity index (χ1) is 14.1. The molecule has 0 saturated carbocycles. The molecule has 1 spiro atoms. The highest BCUT2D eigenvalue weighted by atomic mass is 19.1.